The summed E-state index contributed by atoms with van der Waals surface area (Å²) in [7, 11) is 1.37. The summed E-state index contributed by atoms with van der Waals surface area (Å²) < 4.78 is 51.6. The molecule has 0 aliphatic carbocycles. The van der Waals surface area contributed by atoms with Crippen molar-refractivity contribution in [1.29, 1.82) is 0 Å². The highest BCUT2D eigenvalue weighted by molar-refractivity contribution is 7.99. The van der Waals surface area contributed by atoms with E-state index in [0.717, 1.165) is 5.56 Å². The molecule has 2 aromatic carbocycles. The summed E-state index contributed by atoms with van der Waals surface area (Å²) in [5.74, 6) is 2.23. The molecule has 0 atom stereocenters. The van der Waals surface area contributed by atoms with Gasteiger partial charge in [0, 0.05) is 17.7 Å². The topological polar surface area (TPSA) is 80.0 Å². The SMILES string of the molecule is COC(=O)CSCc1cccc(OCCc2nc(-c3ccc4c(c3)OC(F)(F)O4)oc2C)c1. The molecule has 0 bridgehead atoms. The maximum absolute atomic E-state index is 13.2. The largest absolute Gasteiger partial charge is 0.586 e. The highest BCUT2D eigenvalue weighted by Crippen LogP contribution is 2.42. The first-order valence-corrected chi connectivity index (χ1v) is 11.2. The van der Waals surface area contributed by atoms with Crippen LogP contribution in [0.2, 0.25) is 0 Å². The number of carbonyl (C=O) groups excluding carboxylic acids is 1. The van der Waals surface area contributed by atoms with Crippen LogP contribution in [-0.4, -0.2) is 36.7 Å². The molecular formula is C23H21F2NO6S. The summed E-state index contributed by atoms with van der Waals surface area (Å²) in [6, 6.07) is 12.0. The Kier molecular flexibility index (Phi) is 6.73. The number of hydrogen-bond donors (Lipinski definition) is 0. The van der Waals surface area contributed by atoms with Crippen molar-refractivity contribution in [2.45, 2.75) is 25.4 Å². The molecule has 0 N–H and O–H groups in total. The second-order valence-electron chi connectivity index (χ2n) is 7.17. The number of benzene rings is 2. The zero-order valence-electron chi connectivity index (χ0n) is 17.9. The zero-order valence-corrected chi connectivity index (χ0v) is 18.7. The van der Waals surface area contributed by atoms with E-state index in [0.29, 0.717) is 53.2 Å². The van der Waals surface area contributed by atoms with Gasteiger partial charge in [-0.25, -0.2) is 4.98 Å². The van der Waals surface area contributed by atoms with Crippen molar-refractivity contribution >= 4 is 17.7 Å². The molecule has 1 aliphatic rings. The number of hydrogen-bond acceptors (Lipinski definition) is 8. The number of halogens is 2. The molecule has 4 rings (SSSR count). The molecule has 10 heteroatoms. The van der Waals surface area contributed by atoms with Crippen LogP contribution in [0.1, 0.15) is 17.0 Å². The summed E-state index contributed by atoms with van der Waals surface area (Å²) in [4.78, 5) is 15.7. The number of aryl methyl sites for hydroxylation is 1. The molecule has 1 aliphatic heterocycles. The van der Waals surface area contributed by atoms with Crippen LogP contribution in [0.15, 0.2) is 46.9 Å². The molecule has 2 heterocycles. The number of ether oxygens (including phenoxy) is 4. The summed E-state index contributed by atoms with van der Waals surface area (Å²) in [5, 5.41) is 0. The number of methoxy groups -OCH3 is 1. The molecule has 1 aromatic heterocycles. The maximum Gasteiger partial charge on any atom is 0.586 e. The predicted octanol–water partition coefficient (Wildman–Crippen LogP) is 5.00. The average Bonchev–Trinajstić information content (AvgIpc) is 3.30. The van der Waals surface area contributed by atoms with Gasteiger partial charge in [0.05, 0.1) is 25.2 Å². The van der Waals surface area contributed by atoms with Crippen LogP contribution >= 0.6 is 11.8 Å². The van der Waals surface area contributed by atoms with Crippen molar-refractivity contribution in [3.63, 3.8) is 0 Å². The van der Waals surface area contributed by atoms with Gasteiger partial charge in [-0.2, -0.15) is 0 Å². The number of alkyl halides is 2. The van der Waals surface area contributed by atoms with Gasteiger partial charge in [0.25, 0.3) is 0 Å². The highest BCUT2D eigenvalue weighted by Gasteiger charge is 2.43. The first kappa shape index (κ1) is 22.9. The Morgan fingerprint density at radius 2 is 1.97 bits per heavy atom. The van der Waals surface area contributed by atoms with Crippen LogP contribution in [0.4, 0.5) is 8.78 Å². The first-order chi connectivity index (χ1) is 15.8. The fourth-order valence-electron chi connectivity index (χ4n) is 3.17. The van der Waals surface area contributed by atoms with E-state index in [2.05, 4.69) is 19.2 Å². The Balaban J connectivity index is 1.33. The Morgan fingerprint density at radius 1 is 1.15 bits per heavy atom. The standard InChI is InChI=1S/C23H21F2NO6S/c1-14-18(8-9-29-17-5-3-4-15(10-17)12-33-13-21(27)28-2)26-22(30-14)16-6-7-19-20(11-16)32-23(24,25)31-19/h3-7,10-11H,8-9,12-13H2,1-2H3. The summed E-state index contributed by atoms with van der Waals surface area (Å²) in [5.41, 5.74) is 2.25. The number of carbonyl (C=O) groups is 1. The summed E-state index contributed by atoms with van der Waals surface area (Å²) >= 11 is 1.47. The van der Waals surface area contributed by atoms with Gasteiger partial charge < -0.3 is 23.4 Å². The van der Waals surface area contributed by atoms with E-state index in [1.54, 1.807) is 13.0 Å². The molecule has 0 fully saturated rings. The van der Waals surface area contributed by atoms with E-state index in [-0.39, 0.29) is 17.5 Å². The molecule has 0 saturated carbocycles. The van der Waals surface area contributed by atoms with Gasteiger partial charge in [0.15, 0.2) is 11.5 Å². The maximum atomic E-state index is 13.2. The monoisotopic (exact) mass is 477 g/mol. The molecule has 0 amide bonds. The summed E-state index contributed by atoms with van der Waals surface area (Å²) in [6.45, 7) is 2.16. The zero-order chi connectivity index (χ0) is 23.4. The lowest BCUT2D eigenvalue weighted by atomic mass is 10.2. The number of rotatable bonds is 9. The highest BCUT2D eigenvalue weighted by atomic mass is 32.2. The van der Waals surface area contributed by atoms with Gasteiger partial charge in [-0.3, -0.25) is 4.79 Å². The average molecular weight is 477 g/mol. The molecule has 0 unspecified atom stereocenters. The van der Waals surface area contributed by atoms with E-state index in [1.165, 1.54) is 31.0 Å². The van der Waals surface area contributed by atoms with Gasteiger partial charge in [-0.15, -0.1) is 20.5 Å². The van der Waals surface area contributed by atoms with E-state index in [1.807, 2.05) is 24.3 Å². The number of esters is 1. The van der Waals surface area contributed by atoms with Crippen molar-refractivity contribution in [3.05, 3.63) is 59.5 Å². The van der Waals surface area contributed by atoms with Crippen LogP contribution in [0, 0.1) is 6.92 Å². The number of oxazole rings is 1. The molecule has 0 spiro atoms. The third-order valence-corrected chi connectivity index (χ3v) is 5.74. The van der Waals surface area contributed by atoms with E-state index < -0.39 is 6.29 Å². The first-order valence-electron chi connectivity index (χ1n) is 10.1. The van der Waals surface area contributed by atoms with Crippen LogP contribution < -0.4 is 14.2 Å². The second-order valence-corrected chi connectivity index (χ2v) is 8.15. The lowest BCUT2D eigenvalue weighted by Gasteiger charge is -2.07. The number of thioether (sulfide) groups is 1. The Labute approximate surface area is 193 Å². The molecular weight excluding hydrogens is 456 g/mol. The lowest BCUT2D eigenvalue weighted by molar-refractivity contribution is -0.286. The molecule has 0 radical (unpaired) electrons. The van der Waals surface area contributed by atoms with Crippen LogP contribution in [-0.2, 0) is 21.7 Å². The Hall–Kier alpha value is -3.27. The minimum atomic E-state index is -3.67. The fourth-order valence-corrected chi connectivity index (χ4v) is 3.97. The van der Waals surface area contributed by atoms with E-state index in [9.17, 15) is 13.6 Å². The van der Waals surface area contributed by atoms with Crippen molar-refractivity contribution < 1.29 is 36.9 Å². The van der Waals surface area contributed by atoms with Crippen molar-refractivity contribution in [2.75, 3.05) is 19.5 Å². The molecule has 33 heavy (non-hydrogen) atoms. The smallest absolute Gasteiger partial charge is 0.493 e. The minimum absolute atomic E-state index is 0.0356. The number of nitrogens with zero attached hydrogens (tertiary/aromatic N) is 1. The van der Waals surface area contributed by atoms with E-state index >= 15 is 0 Å². The van der Waals surface area contributed by atoms with E-state index in [4.69, 9.17) is 9.15 Å². The third-order valence-electron chi connectivity index (χ3n) is 4.76. The van der Waals surface area contributed by atoms with Crippen LogP contribution in [0.25, 0.3) is 11.5 Å². The number of fused-ring (bicyclic) bond motifs is 1. The quantitative estimate of drug-likeness (QED) is 0.399. The normalized spacial score (nSPS) is 13.7. The molecule has 3 aromatic rings. The minimum Gasteiger partial charge on any atom is -0.493 e. The van der Waals surface area contributed by atoms with Crippen LogP contribution in [0.3, 0.4) is 0 Å². The van der Waals surface area contributed by atoms with Crippen molar-refractivity contribution in [3.8, 4) is 28.7 Å². The second kappa shape index (κ2) is 9.70. The predicted molar refractivity (Wildman–Crippen MR) is 117 cm³/mol. The fraction of sp³-hybridized carbons (Fsp3) is 0.304. The molecule has 7 nitrogen and oxygen atoms in total. The Bertz CT molecular complexity index is 1150. The van der Waals surface area contributed by atoms with Gasteiger partial charge in [0.1, 0.15) is 11.5 Å². The van der Waals surface area contributed by atoms with Gasteiger partial charge in [-0.1, -0.05) is 12.1 Å². The van der Waals surface area contributed by atoms with Gasteiger partial charge in [-0.05, 0) is 42.8 Å². The third kappa shape index (κ3) is 5.75. The lowest BCUT2D eigenvalue weighted by Crippen LogP contribution is -2.25. The van der Waals surface area contributed by atoms with Crippen molar-refractivity contribution in [2.24, 2.45) is 0 Å². The molecule has 0 saturated heterocycles. The number of aromatic nitrogens is 1. The van der Waals surface area contributed by atoms with Gasteiger partial charge in [0.2, 0.25) is 5.89 Å². The van der Waals surface area contributed by atoms with Crippen molar-refractivity contribution in [1.82, 2.24) is 4.98 Å². The molecule has 174 valence electrons. The van der Waals surface area contributed by atoms with Crippen LogP contribution in [0.5, 0.6) is 17.2 Å². The Morgan fingerprint density at radius 3 is 2.79 bits per heavy atom. The summed E-state index contributed by atoms with van der Waals surface area (Å²) in [6.07, 6.45) is -3.17. The van der Waals surface area contributed by atoms with Gasteiger partial charge >= 0.3 is 12.3 Å².